The number of sulfonamides is 1. The monoisotopic (exact) mass is 442 g/mol. The van der Waals surface area contributed by atoms with E-state index < -0.39 is 15.9 Å². The zero-order chi connectivity index (χ0) is 21.8. The fourth-order valence-electron chi connectivity index (χ4n) is 3.41. The number of anilines is 1. The molecule has 0 aliphatic carbocycles. The molecule has 1 N–H and O–H groups in total. The highest BCUT2D eigenvalue weighted by Crippen LogP contribution is 2.29. The third kappa shape index (κ3) is 4.44. The molecule has 2 aromatic carbocycles. The number of amides is 1. The average molecular weight is 442 g/mol. The zero-order valence-corrected chi connectivity index (χ0v) is 17.8. The Bertz CT molecular complexity index is 1170. The zero-order valence-electron chi connectivity index (χ0n) is 16.9. The van der Waals surface area contributed by atoms with Crippen molar-refractivity contribution < 1.29 is 22.4 Å². The first-order chi connectivity index (χ1) is 15.0. The normalized spacial score (nSPS) is 14.9. The van der Waals surface area contributed by atoms with E-state index in [9.17, 15) is 13.2 Å². The molecule has 1 fully saturated rings. The summed E-state index contributed by atoms with van der Waals surface area (Å²) < 4.78 is 37.8. The van der Waals surface area contributed by atoms with Gasteiger partial charge in [-0.25, -0.2) is 8.42 Å². The number of ether oxygens (including phenoxy) is 1. The first kappa shape index (κ1) is 21.0. The van der Waals surface area contributed by atoms with Crippen molar-refractivity contribution in [3.8, 4) is 17.2 Å². The third-order valence-corrected chi connectivity index (χ3v) is 6.97. The number of hydrogen-bond donors (Lipinski definition) is 1. The van der Waals surface area contributed by atoms with Crippen LogP contribution < -0.4 is 10.1 Å². The summed E-state index contributed by atoms with van der Waals surface area (Å²) in [5.74, 6) is 0.280. The van der Waals surface area contributed by atoms with Crippen LogP contribution in [0, 0.1) is 0 Å². The van der Waals surface area contributed by atoms with E-state index in [0.717, 1.165) is 19.3 Å². The number of carbonyl (C=O) groups excluding carboxylic acids is 1. The molecule has 3 aromatic rings. The number of methoxy groups -OCH3 is 1. The Labute approximate surface area is 180 Å². The van der Waals surface area contributed by atoms with Gasteiger partial charge in [-0.15, -0.1) is 5.10 Å². The Kier molecular flexibility index (Phi) is 6.01. The lowest BCUT2D eigenvalue weighted by Crippen LogP contribution is -2.35. The number of carbonyl (C=O) groups is 1. The number of hydrogen-bond acceptors (Lipinski definition) is 7. The standard InChI is InChI=1S/C21H22N4O5S/c1-29-18-8-4-3-7-17(18)20-23-24-21(30-20)22-19(26)15-9-11-16(12-10-15)31(27,28)25-13-5-2-6-14-25/h3-4,7-12H,2,5-6,13-14H2,1H3,(H,22,24,26). The van der Waals surface area contributed by atoms with Gasteiger partial charge in [-0.1, -0.05) is 23.7 Å². The highest BCUT2D eigenvalue weighted by atomic mass is 32.2. The van der Waals surface area contributed by atoms with Gasteiger partial charge in [-0.2, -0.15) is 4.31 Å². The van der Waals surface area contributed by atoms with Crippen LogP contribution in [0.15, 0.2) is 57.8 Å². The maximum Gasteiger partial charge on any atom is 0.322 e. The third-order valence-electron chi connectivity index (χ3n) is 5.05. The Balaban J connectivity index is 1.47. The predicted molar refractivity (Wildman–Crippen MR) is 113 cm³/mol. The second-order valence-electron chi connectivity index (χ2n) is 7.06. The highest BCUT2D eigenvalue weighted by molar-refractivity contribution is 7.89. The number of nitrogens with zero attached hydrogens (tertiary/aromatic N) is 3. The van der Waals surface area contributed by atoms with Gasteiger partial charge in [0.25, 0.3) is 11.8 Å². The largest absolute Gasteiger partial charge is 0.496 e. The molecular formula is C21H22N4O5S. The van der Waals surface area contributed by atoms with Crippen molar-refractivity contribution in [2.45, 2.75) is 24.2 Å². The Hall–Kier alpha value is -3.24. The molecule has 1 aliphatic rings. The molecule has 0 saturated carbocycles. The van der Waals surface area contributed by atoms with Gasteiger partial charge in [-0.3, -0.25) is 10.1 Å². The minimum atomic E-state index is -3.55. The summed E-state index contributed by atoms with van der Waals surface area (Å²) in [5, 5.41) is 10.3. The molecule has 1 saturated heterocycles. The maximum absolute atomic E-state index is 12.7. The van der Waals surface area contributed by atoms with Gasteiger partial charge >= 0.3 is 6.01 Å². The van der Waals surface area contributed by atoms with Crippen LogP contribution in [-0.4, -0.2) is 49.0 Å². The van der Waals surface area contributed by atoms with Gasteiger partial charge in [0.1, 0.15) is 5.75 Å². The molecule has 4 rings (SSSR count). The van der Waals surface area contributed by atoms with E-state index >= 15 is 0 Å². The number of rotatable bonds is 6. The summed E-state index contributed by atoms with van der Waals surface area (Å²) >= 11 is 0. The van der Waals surface area contributed by atoms with E-state index in [-0.39, 0.29) is 22.4 Å². The van der Waals surface area contributed by atoms with E-state index in [1.165, 1.54) is 35.7 Å². The van der Waals surface area contributed by atoms with Gasteiger partial charge in [0.15, 0.2) is 0 Å². The van der Waals surface area contributed by atoms with Crippen molar-refractivity contribution in [2.75, 3.05) is 25.5 Å². The summed E-state index contributed by atoms with van der Waals surface area (Å²) in [6.07, 6.45) is 2.76. The van der Waals surface area contributed by atoms with Crippen molar-refractivity contribution in [1.29, 1.82) is 0 Å². The average Bonchev–Trinajstić information content (AvgIpc) is 3.28. The molecule has 0 radical (unpaired) electrons. The molecule has 0 atom stereocenters. The van der Waals surface area contributed by atoms with Crippen molar-refractivity contribution in [3.63, 3.8) is 0 Å². The summed E-state index contributed by atoms with van der Waals surface area (Å²) in [6, 6.07) is 12.9. The molecule has 2 heterocycles. The fraction of sp³-hybridized carbons (Fsp3) is 0.286. The molecular weight excluding hydrogens is 420 g/mol. The quantitative estimate of drug-likeness (QED) is 0.623. The second kappa shape index (κ2) is 8.86. The number of nitrogens with one attached hydrogen (secondary N) is 1. The lowest BCUT2D eigenvalue weighted by Gasteiger charge is -2.25. The SMILES string of the molecule is COc1ccccc1-c1nnc(NC(=O)c2ccc(S(=O)(=O)N3CCCCC3)cc2)o1. The number of para-hydroxylation sites is 1. The molecule has 9 nitrogen and oxygen atoms in total. The van der Waals surface area contributed by atoms with Gasteiger partial charge in [-0.05, 0) is 49.2 Å². The van der Waals surface area contributed by atoms with Crippen molar-refractivity contribution in [1.82, 2.24) is 14.5 Å². The lowest BCUT2D eigenvalue weighted by molar-refractivity contribution is 0.102. The van der Waals surface area contributed by atoms with Crippen LogP contribution in [0.5, 0.6) is 5.75 Å². The van der Waals surface area contributed by atoms with Crippen molar-refractivity contribution in [2.24, 2.45) is 0 Å². The molecule has 1 aliphatic heterocycles. The van der Waals surface area contributed by atoms with E-state index in [1.54, 1.807) is 18.2 Å². The van der Waals surface area contributed by atoms with E-state index in [0.29, 0.717) is 24.4 Å². The second-order valence-corrected chi connectivity index (χ2v) is 8.99. The van der Waals surface area contributed by atoms with Gasteiger partial charge in [0.2, 0.25) is 10.0 Å². The molecule has 0 unspecified atom stereocenters. The van der Waals surface area contributed by atoms with Gasteiger partial charge in [0.05, 0.1) is 17.6 Å². The Morgan fingerprint density at radius 2 is 1.74 bits per heavy atom. The topological polar surface area (TPSA) is 115 Å². The molecule has 0 bridgehead atoms. The molecule has 1 amide bonds. The van der Waals surface area contributed by atoms with Crippen molar-refractivity contribution >= 4 is 21.9 Å². The highest BCUT2D eigenvalue weighted by Gasteiger charge is 2.26. The molecule has 162 valence electrons. The van der Waals surface area contributed by atoms with E-state index in [2.05, 4.69) is 15.5 Å². The van der Waals surface area contributed by atoms with Crippen LogP contribution >= 0.6 is 0 Å². The van der Waals surface area contributed by atoms with Crippen molar-refractivity contribution in [3.05, 3.63) is 54.1 Å². The van der Waals surface area contributed by atoms with Crippen LogP contribution in [0.3, 0.4) is 0 Å². The molecule has 10 heteroatoms. The van der Waals surface area contributed by atoms with E-state index in [1.807, 2.05) is 6.07 Å². The number of aromatic nitrogens is 2. The first-order valence-corrected chi connectivity index (χ1v) is 11.3. The predicted octanol–water partition coefficient (Wildman–Crippen LogP) is 3.17. The summed E-state index contributed by atoms with van der Waals surface area (Å²) in [4.78, 5) is 12.7. The molecule has 1 aromatic heterocycles. The molecule has 0 spiro atoms. The fourth-order valence-corrected chi connectivity index (χ4v) is 4.92. The lowest BCUT2D eigenvalue weighted by atomic mass is 10.2. The van der Waals surface area contributed by atoms with E-state index in [4.69, 9.17) is 9.15 Å². The van der Waals surface area contributed by atoms with Gasteiger partial charge in [0, 0.05) is 18.7 Å². The van der Waals surface area contributed by atoms with Crippen LogP contribution in [0.4, 0.5) is 6.01 Å². The summed E-state index contributed by atoms with van der Waals surface area (Å²) in [6.45, 7) is 1.05. The minimum absolute atomic E-state index is 0.0732. The van der Waals surface area contributed by atoms with Crippen LogP contribution in [0.1, 0.15) is 29.6 Å². The smallest absolute Gasteiger partial charge is 0.322 e. The van der Waals surface area contributed by atoms with Gasteiger partial charge < -0.3 is 9.15 Å². The summed E-state index contributed by atoms with van der Waals surface area (Å²) in [5.41, 5.74) is 0.875. The Morgan fingerprint density at radius 1 is 1.03 bits per heavy atom. The summed E-state index contributed by atoms with van der Waals surface area (Å²) in [7, 11) is -2.01. The molecule has 31 heavy (non-hydrogen) atoms. The number of piperidine rings is 1. The van der Waals surface area contributed by atoms with Crippen LogP contribution in [0.25, 0.3) is 11.5 Å². The number of benzene rings is 2. The minimum Gasteiger partial charge on any atom is -0.496 e. The van der Waals surface area contributed by atoms with Crippen LogP contribution in [-0.2, 0) is 10.0 Å². The Morgan fingerprint density at radius 3 is 2.45 bits per heavy atom. The first-order valence-electron chi connectivity index (χ1n) is 9.87. The van der Waals surface area contributed by atoms with Crippen LogP contribution in [0.2, 0.25) is 0 Å². The maximum atomic E-state index is 12.7.